The van der Waals surface area contributed by atoms with Gasteiger partial charge in [-0.15, -0.1) is 0 Å². The lowest BCUT2D eigenvalue weighted by molar-refractivity contribution is 0.202. The van der Waals surface area contributed by atoms with Crippen molar-refractivity contribution >= 4 is 0 Å². The zero-order valence-electron chi connectivity index (χ0n) is 11.9. The molecular formula is C15H30. The maximum Gasteiger partial charge on any atom is -0.0275 e. The fourth-order valence-electron chi connectivity index (χ4n) is 4.23. The van der Waals surface area contributed by atoms with Crippen LogP contribution in [0.4, 0.5) is 0 Å². The Balaban J connectivity index is 2.64. The highest BCUT2D eigenvalue weighted by Gasteiger charge is 2.61. The van der Waals surface area contributed by atoms with Crippen molar-refractivity contribution in [1.29, 1.82) is 0 Å². The molecular weight excluding hydrogens is 180 g/mol. The molecule has 3 atom stereocenters. The molecule has 0 aromatic rings. The Labute approximate surface area is 96.8 Å². The predicted octanol–water partition coefficient (Wildman–Crippen LogP) is 5.13. The van der Waals surface area contributed by atoms with E-state index in [0.717, 1.165) is 17.8 Å². The van der Waals surface area contributed by atoms with E-state index in [9.17, 15) is 0 Å². The molecule has 0 spiro atoms. The highest BCUT2D eigenvalue weighted by atomic mass is 14.7. The first-order chi connectivity index (χ1) is 6.77. The summed E-state index contributed by atoms with van der Waals surface area (Å²) in [6.07, 6.45) is 4.09. The van der Waals surface area contributed by atoms with E-state index in [1.807, 2.05) is 0 Å². The van der Waals surface area contributed by atoms with Crippen LogP contribution in [0, 0.1) is 28.6 Å². The van der Waals surface area contributed by atoms with Crippen molar-refractivity contribution in [2.45, 2.75) is 67.7 Å². The average molecular weight is 210 g/mol. The van der Waals surface area contributed by atoms with Gasteiger partial charge in [0.1, 0.15) is 0 Å². The Hall–Kier alpha value is 0. The van der Waals surface area contributed by atoms with Crippen molar-refractivity contribution in [3.05, 3.63) is 0 Å². The Morgan fingerprint density at radius 3 is 2.07 bits per heavy atom. The van der Waals surface area contributed by atoms with Crippen molar-refractivity contribution in [3.63, 3.8) is 0 Å². The Bertz CT molecular complexity index is 212. The predicted molar refractivity (Wildman–Crippen MR) is 68.9 cm³/mol. The number of hydrogen-bond donors (Lipinski definition) is 0. The summed E-state index contributed by atoms with van der Waals surface area (Å²) in [7, 11) is 0. The van der Waals surface area contributed by atoms with E-state index in [1.165, 1.54) is 19.3 Å². The molecule has 0 saturated heterocycles. The molecule has 1 aliphatic carbocycles. The van der Waals surface area contributed by atoms with Crippen LogP contribution in [0.3, 0.4) is 0 Å². The smallest absolute Gasteiger partial charge is 0.0275 e. The molecule has 0 nitrogen and oxygen atoms in total. The largest absolute Gasteiger partial charge is 0.0651 e. The molecule has 0 aromatic carbocycles. The summed E-state index contributed by atoms with van der Waals surface area (Å²) in [5, 5.41) is 0. The van der Waals surface area contributed by atoms with Gasteiger partial charge < -0.3 is 0 Å². The average Bonchev–Trinajstić information content (AvgIpc) is 2.68. The summed E-state index contributed by atoms with van der Waals surface area (Å²) in [6.45, 7) is 17.0. The fraction of sp³-hybridized carbons (Fsp3) is 1.00. The molecule has 3 unspecified atom stereocenters. The lowest BCUT2D eigenvalue weighted by Gasteiger charge is -2.30. The van der Waals surface area contributed by atoms with Crippen molar-refractivity contribution < 1.29 is 0 Å². The van der Waals surface area contributed by atoms with Gasteiger partial charge in [0.2, 0.25) is 0 Å². The Morgan fingerprint density at radius 2 is 1.73 bits per heavy atom. The van der Waals surface area contributed by atoms with Gasteiger partial charge in [0, 0.05) is 0 Å². The zero-order valence-corrected chi connectivity index (χ0v) is 11.9. The molecule has 1 rings (SSSR count). The maximum atomic E-state index is 2.49. The lowest BCUT2D eigenvalue weighted by atomic mass is 9.76. The van der Waals surface area contributed by atoms with Gasteiger partial charge in [-0.1, -0.05) is 61.3 Å². The van der Waals surface area contributed by atoms with Crippen LogP contribution in [-0.4, -0.2) is 0 Å². The minimum atomic E-state index is 0.541. The van der Waals surface area contributed by atoms with Crippen LogP contribution in [0.2, 0.25) is 0 Å². The molecule has 1 fully saturated rings. The normalized spacial score (nSPS) is 31.4. The monoisotopic (exact) mass is 210 g/mol. The minimum Gasteiger partial charge on any atom is -0.0651 e. The Morgan fingerprint density at radius 1 is 1.20 bits per heavy atom. The molecule has 1 saturated carbocycles. The van der Waals surface area contributed by atoms with Gasteiger partial charge in [-0.05, 0) is 35.0 Å². The van der Waals surface area contributed by atoms with Crippen LogP contribution in [0.15, 0.2) is 0 Å². The second kappa shape index (κ2) is 4.11. The summed E-state index contributed by atoms with van der Waals surface area (Å²) >= 11 is 0. The van der Waals surface area contributed by atoms with Crippen LogP contribution in [0.25, 0.3) is 0 Å². The summed E-state index contributed by atoms with van der Waals surface area (Å²) < 4.78 is 0. The molecule has 1 aliphatic rings. The summed E-state index contributed by atoms with van der Waals surface area (Å²) in [6, 6.07) is 0. The standard InChI is InChI=1S/C15H30/c1-8-11(3)10-14(4,5)13-12(9-2)15(13,6)7/h11-13H,8-10H2,1-7H3. The molecule has 0 amide bonds. The first-order valence-corrected chi connectivity index (χ1v) is 6.77. The molecule has 0 bridgehead atoms. The van der Waals surface area contributed by atoms with Crippen LogP contribution >= 0.6 is 0 Å². The van der Waals surface area contributed by atoms with Gasteiger partial charge in [-0.3, -0.25) is 0 Å². The minimum absolute atomic E-state index is 0.541. The van der Waals surface area contributed by atoms with E-state index in [1.54, 1.807) is 0 Å². The molecule has 90 valence electrons. The third-order valence-corrected chi connectivity index (χ3v) is 4.90. The van der Waals surface area contributed by atoms with Gasteiger partial charge >= 0.3 is 0 Å². The molecule has 0 radical (unpaired) electrons. The molecule has 0 aliphatic heterocycles. The summed E-state index contributed by atoms with van der Waals surface area (Å²) in [5.74, 6) is 2.80. The van der Waals surface area contributed by atoms with Crippen molar-refractivity contribution in [2.75, 3.05) is 0 Å². The van der Waals surface area contributed by atoms with E-state index in [4.69, 9.17) is 0 Å². The highest BCUT2D eigenvalue weighted by molar-refractivity contribution is 5.09. The molecule has 15 heavy (non-hydrogen) atoms. The van der Waals surface area contributed by atoms with Gasteiger partial charge in [-0.2, -0.15) is 0 Å². The zero-order chi connectivity index (χ0) is 11.9. The fourth-order valence-corrected chi connectivity index (χ4v) is 4.23. The molecule has 0 N–H and O–H groups in total. The van der Waals surface area contributed by atoms with Gasteiger partial charge in [-0.25, -0.2) is 0 Å². The molecule has 0 heterocycles. The SMILES string of the molecule is CCC(C)CC(C)(C)C1C(CC)C1(C)C. The molecule has 0 aromatic heterocycles. The first kappa shape index (κ1) is 13.1. The Kier molecular flexibility index (Phi) is 3.58. The van der Waals surface area contributed by atoms with E-state index >= 15 is 0 Å². The summed E-state index contributed by atoms with van der Waals surface area (Å²) in [5.41, 5.74) is 1.14. The van der Waals surface area contributed by atoms with Crippen LogP contribution in [0.5, 0.6) is 0 Å². The quantitative estimate of drug-likeness (QED) is 0.590. The van der Waals surface area contributed by atoms with E-state index in [-0.39, 0.29) is 0 Å². The summed E-state index contributed by atoms with van der Waals surface area (Å²) in [4.78, 5) is 0. The second-order valence-corrected chi connectivity index (χ2v) is 7.02. The molecule has 0 heteroatoms. The van der Waals surface area contributed by atoms with Gasteiger partial charge in [0.25, 0.3) is 0 Å². The third kappa shape index (κ3) is 2.40. The van der Waals surface area contributed by atoms with Gasteiger partial charge in [0.05, 0.1) is 0 Å². The van der Waals surface area contributed by atoms with Crippen LogP contribution in [-0.2, 0) is 0 Å². The lowest BCUT2D eigenvalue weighted by Crippen LogP contribution is -2.21. The topological polar surface area (TPSA) is 0 Å². The van der Waals surface area contributed by atoms with Crippen molar-refractivity contribution in [2.24, 2.45) is 28.6 Å². The number of rotatable bonds is 5. The maximum absolute atomic E-state index is 2.49. The first-order valence-electron chi connectivity index (χ1n) is 6.77. The third-order valence-electron chi connectivity index (χ3n) is 4.90. The van der Waals surface area contributed by atoms with Gasteiger partial charge in [0.15, 0.2) is 0 Å². The van der Waals surface area contributed by atoms with Crippen molar-refractivity contribution in [3.8, 4) is 0 Å². The van der Waals surface area contributed by atoms with Crippen LogP contribution < -0.4 is 0 Å². The van der Waals surface area contributed by atoms with E-state index < -0.39 is 0 Å². The van der Waals surface area contributed by atoms with Crippen molar-refractivity contribution in [1.82, 2.24) is 0 Å². The second-order valence-electron chi connectivity index (χ2n) is 7.02. The van der Waals surface area contributed by atoms with E-state index in [0.29, 0.717) is 10.8 Å². The van der Waals surface area contributed by atoms with Crippen LogP contribution in [0.1, 0.15) is 67.7 Å². The van der Waals surface area contributed by atoms with E-state index in [2.05, 4.69) is 48.5 Å². The number of hydrogen-bond acceptors (Lipinski definition) is 0. The highest BCUT2D eigenvalue weighted by Crippen LogP contribution is 2.68.